The quantitative estimate of drug-likeness (QED) is 0.567. The first kappa shape index (κ1) is 22.8. The Kier molecular flexibility index (Phi) is 6.25. The summed E-state index contributed by atoms with van der Waals surface area (Å²) in [5.74, 6) is 1.40. The van der Waals surface area contributed by atoms with Gasteiger partial charge < -0.3 is 14.8 Å². The minimum atomic E-state index is -0.0658. The van der Waals surface area contributed by atoms with E-state index >= 15 is 0 Å². The number of amides is 1. The van der Waals surface area contributed by atoms with Crippen molar-refractivity contribution < 1.29 is 9.59 Å². The van der Waals surface area contributed by atoms with Crippen LogP contribution >= 0.6 is 11.3 Å². The van der Waals surface area contributed by atoms with E-state index in [0.29, 0.717) is 43.2 Å². The molecule has 0 spiro atoms. The number of carbonyl (C=O) groups excluding carboxylic acids is 2. The van der Waals surface area contributed by atoms with Gasteiger partial charge in [-0.15, -0.1) is 11.3 Å². The number of fused-ring (bicyclic) bond motifs is 3. The Labute approximate surface area is 202 Å². The van der Waals surface area contributed by atoms with Crippen molar-refractivity contribution in [3.05, 3.63) is 56.4 Å². The number of nitrogens with one attached hydrogen (secondary N) is 1. The van der Waals surface area contributed by atoms with Crippen molar-refractivity contribution >= 4 is 38.9 Å². The second-order valence-corrected chi connectivity index (χ2v) is 10.6. The lowest BCUT2D eigenvalue weighted by Crippen LogP contribution is -2.48. The fraction of sp³-hybridized carbons (Fsp3) is 0.462. The summed E-state index contributed by atoms with van der Waals surface area (Å²) in [5, 5.41) is 0.759. The number of thiophene rings is 1. The van der Waals surface area contributed by atoms with E-state index in [9.17, 15) is 14.4 Å². The molecule has 1 aliphatic carbocycles. The van der Waals surface area contributed by atoms with Crippen LogP contribution in [-0.4, -0.2) is 52.7 Å². The van der Waals surface area contributed by atoms with Crippen molar-refractivity contribution in [2.75, 3.05) is 31.1 Å². The zero-order chi connectivity index (χ0) is 23.8. The third kappa shape index (κ3) is 4.51. The van der Waals surface area contributed by atoms with Crippen LogP contribution in [0.25, 0.3) is 10.2 Å². The number of carbonyl (C=O) groups is 2. The van der Waals surface area contributed by atoms with Crippen molar-refractivity contribution in [1.82, 2.24) is 14.9 Å². The highest BCUT2D eigenvalue weighted by atomic mass is 32.1. The van der Waals surface area contributed by atoms with E-state index in [1.807, 2.05) is 29.2 Å². The van der Waals surface area contributed by atoms with Crippen LogP contribution < -0.4 is 10.5 Å². The van der Waals surface area contributed by atoms with E-state index < -0.39 is 0 Å². The summed E-state index contributed by atoms with van der Waals surface area (Å²) >= 11 is 1.64. The molecule has 1 saturated heterocycles. The molecule has 7 nitrogen and oxygen atoms in total. The highest BCUT2D eigenvalue weighted by Gasteiger charge is 2.24. The second-order valence-electron chi connectivity index (χ2n) is 9.52. The Balaban J connectivity index is 1.19. The summed E-state index contributed by atoms with van der Waals surface area (Å²) in [6.07, 6.45) is 3.87. The Bertz CT molecular complexity index is 1290. The fourth-order valence-corrected chi connectivity index (χ4v) is 6.42. The molecule has 3 heterocycles. The first-order chi connectivity index (χ1) is 16.4. The standard InChI is InChI=1S/C26H30N4O3S/c1-16-3-8-20-21(15-16)34-26-24(20)25(33)27-22(28-26)9-10-23(32)30-13-11-29(12-14-30)19-6-4-18(5-7-19)17(2)31/h4-7,16H,3,8-15H2,1-2H3,(H,27,28,33)/t16-/m0/s1. The molecule has 5 rings (SSSR count). The third-order valence-electron chi connectivity index (χ3n) is 7.06. The van der Waals surface area contributed by atoms with Crippen molar-refractivity contribution in [2.45, 2.75) is 46.0 Å². The van der Waals surface area contributed by atoms with E-state index in [1.54, 1.807) is 18.3 Å². The predicted octanol–water partition coefficient (Wildman–Crippen LogP) is 3.59. The number of anilines is 1. The normalized spacial score (nSPS) is 18.2. The minimum absolute atomic E-state index is 0.0604. The van der Waals surface area contributed by atoms with E-state index in [-0.39, 0.29) is 17.2 Å². The number of piperazine rings is 1. The molecule has 0 bridgehead atoms. The molecular formula is C26H30N4O3S. The van der Waals surface area contributed by atoms with Crippen molar-refractivity contribution in [3.63, 3.8) is 0 Å². The lowest BCUT2D eigenvalue weighted by Gasteiger charge is -2.36. The van der Waals surface area contributed by atoms with Gasteiger partial charge in [0.25, 0.3) is 5.56 Å². The maximum Gasteiger partial charge on any atom is 0.259 e. The van der Waals surface area contributed by atoms with Crippen LogP contribution in [0.5, 0.6) is 0 Å². The minimum Gasteiger partial charge on any atom is -0.368 e. The first-order valence-corrected chi connectivity index (χ1v) is 12.9. The van der Waals surface area contributed by atoms with Gasteiger partial charge in [0.2, 0.25) is 5.91 Å². The van der Waals surface area contributed by atoms with E-state index in [1.165, 1.54) is 10.4 Å². The Hall–Kier alpha value is -3.00. The van der Waals surface area contributed by atoms with Gasteiger partial charge in [-0.25, -0.2) is 4.98 Å². The number of aryl methyl sites for hydroxylation is 2. The van der Waals surface area contributed by atoms with Crippen LogP contribution in [0.1, 0.15) is 53.3 Å². The van der Waals surface area contributed by atoms with Gasteiger partial charge in [-0.2, -0.15) is 0 Å². The lowest BCUT2D eigenvalue weighted by atomic mass is 9.89. The number of aromatic nitrogens is 2. The monoisotopic (exact) mass is 478 g/mol. The molecule has 3 aromatic rings. The van der Waals surface area contributed by atoms with Crippen molar-refractivity contribution in [1.29, 1.82) is 0 Å². The zero-order valence-electron chi connectivity index (χ0n) is 19.7. The molecule has 1 aliphatic heterocycles. The molecule has 2 aliphatic rings. The largest absolute Gasteiger partial charge is 0.368 e. The summed E-state index contributed by atoms with van der Waals surface area (Å²) in [4.78, 5) is 51.0. The average molecular weight is 479 g/mol. The van der Waals surface area contributed by atoms with Gasteiger partial charge >= 0.3 is 0 Å². The smallest absolute Gasteiger partial charge is 0.259 e. The number of hydrogen-bond acceptors (Lipinski definition) is 6. The number of hydrogen-bond donors (Lipinski definition) is 1. The molecule has 0 radical (unpaired) electrons. The van der Waals surface area contributed by atoms with Gasteiger partial charge in [-0.05, 0) is 61.9 Å². The highest BCUT2D eigenvalue weighted by Crippen LogP contribution is 2.35. The maximum atomic E-state index is 12.8. The Morgan fingerprint density at radius 2 is 1.88 bits per heavy atom. The van der Waals surface area contributed by atoms with Crippen molar-refractivity contribution in [3.8, 4) is 0 Å². The third-order valence-corrected chi connectivity index (χ3v) is 8.21. The molecule has 2 aromatic heterocycles. The van der Waals surface area contributed by atoms with Crippen molar-refractivity contribution in [2.24, 2.45) is 5.92 Å². The summed E-state index contributed by atoms with van der Waals surface area (Å²) < 4.78 is 0. The fourth-order valence-electron chi connectivity index (χ4n) is 5.02. The molecule has 1 fully saturated rings. The van der Waals surface area contributed by atoms with Gasteiger partial charge in [-0.3, -0.25) is 14.4 Å². The predicted molar refractivity (Wildman–Crippen MR) is 135 cm³/mol. The molecule has 34 heavy (non-hydrogen) atoms. The molecule has 0 unspecified atom stereocenters. The molecule has 1 aromatic carbocycles. The maximum absolute atomic E-state index is 12.8. The number of Topliss-reactive ketones (excluding diaryl/α,β-unsaturated/α-hetero) is 1. The van der Waals surface area contributed by atoms with Crippen LogP contribution in [-0.2, 0) is 24.1 Å². The molecule has 1 N–H and O–H groups in total. The van der Waals surface area contributed by atoms with E-state index in [4.69, 9.17) is 4.98 Å². The molecule has 8 heteroatoms. The average Bonchev–Trinajstić information content (AvgIpc) is 3.20. The van der Waals surface area contributed by atoms with Crippen LogP contribution in [0.4, 0.5) is 5.69 Å². The van der Waals surface area contributed by atoms with Crippen LogP contribution in [0.15, 0.2) is 29.1 Å². The number of rotatable bonds is 5. The van der Waals surface area contributed by atoms with Gasteiger partial charge in [0.1, 0.15) is 10.7 Å². The number of nitrogens with zero attached hydrogens (tertiary/aromatic N) is 3. The lowest BCUT2D eigenvalue weighted by molar-refractivity contribution is -0.131. The molecule has 1 atom stereocenters. The Morgan fingerprint density at radius 3 is 2.59 bits per heavy atom. The first-order valence-electron chi connectivity index (χ1n) is 12.1. The van der Waals surface area contributed by atoms with E-state index in [2.05, 4.69) is 16.8 Å². The molecular weight excluding hydrogens is 448 g/mol. The van der Waals surface area contributed by atoms with Crippen LogP contribution in [0.3, 0.4) is 0 Å². The number of benzene rings is 1. The van der Waals surface area contributed by atoms with Gasteiger partial charge in [0.15, 0.2) is 5.78 Å². The molecule has 1 amide bonds. The SMILES string of the molecule is CC(=O)c1ccc(N2CCN(C(=O)CCc3nc4sc5c(c4c(=O)[nH]3)CC[C@H](C)C5)CC2)cc1. The molecule has 178 valence electrons. The second kappa shape index (κ2) is 9.33. The summed E-state index contributed by atoms with van der Waals surface area (Å²) in [6, 6.07) is 7.64. The number of H-pyrrole nitrogens is 1. The summed E-state index contributed by atoms with van der Waals surface area (Å²) in [6.45, 7) is 6.65. The molecule has 0 saturated carbocycles. The zero-order valence-corrected chi connectivity index (χ0v) is 20.5. The number of ketones is 1. The van der Waals surface area contributed by atoms with Crippen LogP contribution in [0, 0.1) is 5.92 Å². The van der Waals surface area contributed by atoms with Gasteiger partial charge in [0, 0.05) is 55.1 Å². The summed E-state index contributed by atoms with van der Waals surface area (Å²) in [7, 11) is 0. The van der Waals surface area contributed by atoms with Gasteiger partial charge in [0.05, 0.1) is 5.39 Å². The highest BCUT2D eigenvalue weighted by molar-refractivity contribution is 7.18. The topological polar surface area (TPSA) is 86.4 Å². The summed E-state index contributed by atoms with van der Waals surface area (Å²) in [5.41, 5.74) is 2.90. The van der Waals surface area contributed by atoms with Gasteiger partial charge in [-0.1, -0.05) is 6.92 Å². The van der Waals surface area contributed by atoms with Crippen LogP contribution in [0.2, 0.25) is 0 Å². The van der Waals surface area contributed by atoms with E-state index in [0.717, 1.165) is 48.3 Å². The number of aromatic amines is 1. The Morgan fingerprint density at radius 1 is 1.15 bits per heavy atom.